The third kappa shape index (κ3) is 2.91. The van der Waals surface area contributed by atoms with Crippen molar-refractivity contribution in [2.45, 2.75) is 37.2 Å². The molecule has 5 heteroatoms. The van der Waals surface area contributed by atoms with Crippen molar-refractivity contribution in [1.29, 1.82) is 0 Å². The average Bonchev–Trinajstić information content (AvgIpc) is 3.11. The van der Waals surface area contributed by atoms with Crippen LogP contribution < -0.4 is 5.32 Å². The average molecular weight is 268 g/mol. The molecule has 0 amide bonds. The predicted octanol–water partition coefficient (Wildman–Crippen LogP) is 1.50. The van der Waals surface area contributed by atoms with Gasteiger partial charge in [0.1, 0.15) is 0 Å². The molecule has 0 aromatic heterocycles. The van der Waals surface area contributed by atoms with Gasteiger partial charge in [-0.05, 0) is 37.0 Å². The summed E-state index contributed by atoms with van der Waals surface area (Å²) in [6.45, 7) is 2.56. The summed E-state index contributed by atoms with van der Waals surface area (Å²) < 4.78 is 25.6. The van der Waals surface area contributed by atoms with Gasteiger partial charge in [0, 0.05) is 26.7 Å². The molecule has 2 rings (SSSR count). The highest BCUT2D eigenvalue weighted by molar-refractivity contribution is 7.89. The number of hydrogen-bond donors (Lipinski definition) is 1. The fourth-order valence-electron chi connectivity index (χ4n) is 1.78. The van der Waals surface area contributed by atoms with Crippen molar-refractivity contribution >= 4 is 10.0 Å². The molecule has 1 N–H and O–H groups in total. The van der Waals surface area contributed by atoms with E-state index in [-0.39, 0.29) is 0 Å². The second kappa shape index (κ2) is 4.99. The van der Waals surface area contributed by atoms with Gasteiger partial charge in [-0.1, -0.05) is 12.1 Å². The summed E-state index contributed by atoms with van der Waals surface area (Å²) in [5.41, 5.74) is 1.81. The Hall–Kier alpha value is -0.910. The van der Waals surface area contributed by atoms with E-state index in [1.165, 1.54) is 17.1 Å². The zero-order chi connectivity index (χ0) is 13.3. The topological polar surface area (TPSA) is 49.4 Å². The van der Waals surface area contributed by atoms with Gasteiger partial charge in [0.25, 0.3) is 0 Å². The first-order valence-corrected chi connectivity index (χ1v) is 7.60. The maximum absolute atomic E-state index is 12.2. The molecular weight excluding hydrogens is 248 g/mol. The third-order valence-electron chi connectivity index (χ3n) is 3.18. The molecule has 18 heavy (non-hydrogen) atoms. The van der Waals surface area contributed by atoms with Crippen LogP contribution in [0.2, 0.25) is 0 Å². The third-order valence-corrected chi connectivity index (χ3v) is 5.14. The molecule has 0 radical (unpaired) electrons. The van der Waals surface area contributed by atoms with Gasteiger partial charge in [0.2, 0.25) is 10.0 Å². The first kappa shape index (κ1) is 13.5. The van der Waals surface area contributed by atoms with Crippen molar-refractivity contribution in [3.05, 3.63) is 29.3 Å². The monoisotopic (exact) mass is 268 g/mol. The smallest absolute Gasteiger partial charge is 0.242 e. The van der Waals surface area contributed by atoms with Crippen LogP contribution in [0.25, 0.3) is 0 Å². The molecule has 0 aliphatic heterocycles. The Labute approximate surface area is 109 Å². The fourth-order valence-corrected chi connectivity index (χ4v) is 2.95. The molecule has 1 aromatic rings. The van der Waals surface area contributed by atoms with Crippen LogP contribution >= 0.6 is 0 Å². The Morgan fingerprint density at radius 3 is 2.56 bits per heavy atom. The molecular formula is C13H20N2O2S. The molecule has 0 unspecified atom stereocenters. The Kier molecular flexibility index (Phi) is 3.75. The van der Waals surface area contributed by atoms with Gasteiger partial charge >= 0.3 is 0 Å². The quantitative estimate of drug-likeness (QED) is 0.880. The number of benzene rings is 1. The summed E-state index contributed by atoms with van der Waals surface area (Å²) in [4.78, 5) is 0.405. The maximum atomic E-state index is 12.2. The molecule has 1 aliphatic rings. The minimum absolute atomic E-state index is 0.405. The van der Waals surface area contributed by atoms with Gasteiger partial charge in [0.05, 0.1) is 4.90 Å². The Morgan fingerprint density at radius 2 is 2.00 bits per heavy atom. The normalized spacial score (nSPS) is 16.2. The molecule has 100 valence electrons. The summed E-state index contributed by atoms with van der Waals surface area (Å²) in [6.07, 6.45) is 2.46. The molecule has 1 aliphatic carbocycles. The number of nitrogens with one attached hydrogen (secondary N) is 1. The molecule has 1 aromatic carbocycles. The number of rotatable bonds is 5. The number of hydrogen-bond acceptors (Lipinski definition) is 3. The fraction of sp³-hybridized carbons (Fsp3) is 0.538. The minimum Gasteiger partial charge on any atom is -0.310 e. The van der Waals surface area contributed by atoms with Gasteiger partial charge in [-0.15, -0.1) is 0 Å². The van der Waals surface area contributed by atoms with Gasteiger partial charge in [-0.2, -0.15) is 0 Å². The molecule has 1 saturated carbocycles. The first-order chi connectivity index (χ1) is 8.41. The first-order valence-electron chi connectivity index (χ1n) is 6.16. The van der Waals surface area contributed by atoms with E-state index in [1.807, 2.05) is 19.1 Å². The maximum Gasteiger partial charge on any atom is 0.242 e. The molecule has 0 atom stereocenters. The number of nitrogens with zero attached hydrogens (tertiary/aromatic N) is 1. The minimum atomic E-state index is -3.35. The molecule has 0 heterocycles. The van der Waals surface area contributed by atoms with E-state index in [4.69, 9.17) is 0 Å². The lowest BCUT2D eigenvalue weighted by Gasteiger charge is -2.15. The Bertz CT molecular complexity index is 534. The lowest BCUT2D eigenvalue weighted by Crippen LogP contribution is -2.23. The van der Waals surface area contributed by atoms with E-state index in [0.717, 1.165) is 17.7 Å². The standard InChI is InChI=1S/C13H20N2O2S/c1-10-4-5-11(9-14-12-6-7-12)8-13(10)18(16,17)15(2)3/h4-5,8,12,14H,6-7,9H2,1-3H3. The highest BCUT2D eigenvalue weighted by atomic mass is 32.2. The van der Waals surface area contributed by atoms with E-state index in [9.17, 15) is 8.42 Å². The van der Waals surface area contributed by atoms with Gasteiger partial charge in [-0.25, -0.2) is 12.7 Å². The second-order valence-corrected chi connectivity index (χ2v) is 7.16. The van der Waals surface area contributed by atoms with E-state index in [0.29, 0.717) is 10.9 Å². The number of sulfonamides is 1. The van der Waals surface area contributed by atoms with E-state index in [1.54, 1.807) is 20.2 Å². The van der Waals surface area contributed by atoms with Crippen LogP contribution in [-0.4, -0.2) is 32.9 Å². The molecule has 4 nitrogen and oxygen atoms in total. The van der Waals surface area contributed by atoms with Crippen molar-refractivity contribution in [2.75, 3.05) is 14.1 Å². The largest absolute Gasteiger partial charge is 0.310 e. The van der Waals surface area contributed by atoms with Gasteiger partial charge in [0.15, 0.2) is 0 Å². The van der Waals surface area contributed by atoms with E-state index in [2.05, 4.69) is 5.32 Å². The van der Waals surface area contributed by atoms with E-state index >= 15 is 0 Å². The van der Waals surface area contributed by atoms with Gasteiger partial charge < -0.3 is 5.32 Å². The van der Waals surface area contributed by atoms with Crippen LogP contribution in [0.1, 0.15) is 24.0 Å². The lowest BCUT2D eigenvalue weighted by atomic mass is 10.1. The second-order valence-electron chi connectivity index (χ2n) is 5.04. The van der Waals surface area contributed by atoms with Crippen molar-refractivity contribution in [1.82, 2.24) is 9.62 Å². The molecule has 1 fully saturated rings. The molecule has 0 saturated heterocycles. The Morgan fingerprint density at radius 1 is 1.33 bits per heavy atom. The summed E-state index contributed by atoms with van der Waals surface area (Å²) in [5.74, 6) is 0. The van der Waals surface area contributed by atoms with Crippen LogP contribution in [0.5, 0.6) is 0 Å². The van der Waals surface area contributed by atoms with Crippen molar-refractivity contribution in [2.24, 2.45) is 0 Å². The van der Waals surface area contributed by atoms with Crippen LogP contribution in [0.15, 0.2) is 23.1 Å². The predicted molar refractivity (Wildman–Crippen MR) is 71.9 cm³/mol. The summed E-state index contributed by atoms with van der Waals surface area (Å²) in [5, 5.41) is 3.39. The highest BCUT2D eigenvalue weighted by Crippen LogP contribution is 2.22. The van der Waals surface area contributed by atoms with Crippen molar-refractivity contribution < 1.29 is 8.42 Å². The van der Waals surface area contributed by atoms with E-state index < -0.39 is 10.0 Å². The van der Waals surface area contributed by atoms with Crippen molar-refractivity contribution in [3.63, 3.8) is 0 Å². The van der Waals surface area contributed by atoms with Crippen LogP contribution in [0.4, 0.5) is 0 Å². The SMILES string of the molecule is Cc1ccc(CNC2CC2)cc1S(=O)(=O)N(C)C. The summed E-state index contributed by atoms with van der Waals surface area (Å²) in [6, 6.07) is 6.26. The number of aryl methyl sites for hydroxylation is 1. The van der Waals surface area contributed by atoms with Crippen LogP contribution in [-0.2, 0) is 16.6 Å². The Balaban J connectivity index is 2.25. The van der Waals surface area contributed by atoms with Crippen LogP contribution in [0, 0.1) is 6.92 Å². The summed E-state index contributed by atoms with van der Waals surface area (Å²) in [7, 11) is -0.229. The van der Waals surface area contributed by atoms with Crippen LogP contribution in [0.3, 0.4) is 0 Å². The zero-order valence-corrected chi connectivity index (χ0v) is 11.9. The summed E-state index contributed by atoms with van der Waals surface area (Å²) >= 11 is 0. The zero-order valence-electron chi connectivity index (χ0n) is 11.1. The lowest BCUT2D eigenvalue weighted by molar-refractivity contribution is 0.520. The highest BCUT2D eigenvalue weighted by Gasteiger charge is 2.22. The molecule has 0 spiro atoms. The van der Waals surface area contributed by atoms with Crippen molar-refractivity contribution in [3.8, 4) is 0 Å². The van der Waals surface area contributed by atoms with Gasteiger partial charge in [-0.3, -0.25) is 0 Å². The molecule has 0 bridgehead atoms.